The van der Waals surface area contributed by atoms with Gasteiger partial charge >= 0.3 is 0 Å². The highest BCUT2D eigenvalue weighted by atomic mass is 19.1. The van der Waals surface area contributed by atoms with Crippen LogP contribution in [0.2, 0.25) is 0 Å². The number of aldehydes is 1. The molecule has 1 heterocycles. The fourth-order valence-corrected chi connectivity index (χ4v) is 1.32. The molecule has 1 aromatic carbocycles. The first kappa shape index (κ1) is 10.1. The summed E-state index contributed by atoms with van der Waals surface area (Å²) in [5, 5.41) is 0. The second-order valence-corrected chi connectivity index (χ2v) is 3.10. The van der Waals surface area contributed by atoms with Gasteiger partial charge in [0.05, 0.1) is 6.57 Å². The largest absolute Gasteiger partial charge is 0.453 e. The average Bonchev–Trinajstić information content (AvgIpc) is 2.77. The van der Waals surface area contributed by atoms with E-state index < -0.39 is 5.82 Å². The maximum Gasteiger partial charge on any atom is 0.222 e. The summed E-state index contributed by atoms with van der Waals surface area (Å²) < 4.78 is 18.4. The minimum absolute atomic E-state index is 0.0362. The monoisotopic (exact) mass is 215 g/mol. The number of hydrogen-bond acceptors (Lipinski definition) is 2. The van der Waals surface area contributed by atoms with Crippen LogP contribution in [0.1, 0.15) is 10.6 Å². The molecule has 0 fully saturated rings. The summed E-state index contributed by atoms with van der Waals surface area (Å²) in [5.74, 6) is -0.0150. The summed E-state index contributed by atoms with van der Waals surface area (Å²) in [6, 6.07) is 7.24. The van der Waals surface area contributed by atoms with Gasteiger partial charge in [-0.3, -0.25) is 4.79 Å². The van der Waals surface area contributed by atoms with Gasteiger partial charge < -0.3 is 4.42 Å². The van der Waals surface area contributed by atoms with Gasteiger partial charge in [0.1, 0.15) is 11.6 Å². The molecule has 0 aliphatic heterocycles. The van der Waals surface area contributed by atoms with Gasteiger partial charge in [-0.1, -0.05) is 12.1 Å². The molecule has 78 valence electrons. The maximum atomic E-state index is 13.3. The van der Waals surface area contributed by atoms with E-state index in [4.69, 9.17) is 11.0 Å². The lowest BCUT2D eigenvalue weighted by Gasteiger charge is -1.98. The molecule has 0 aliphatic rings. The summed E-state index contributed by atoms with van der Waals surface area (Å²) in [6.45, 7) is 6.71. The molecule has 16 heavy (non-hydrogen) atoms. The molecule has 0 aliphatic carbocycles. The summed E-state index contributed by atoms with van der Waals surface area (Å²) in [5.41, 5.74) is 0.462. The molecule has 0 bridgehead atoms. The predicted octanol–water partition coefficient (Wildman–Crippen LogP) is 3.45. The Balaban J connectivity index is 2.45. The Hall–Kier alpha value is -2.41. The molecule has 0 atom stereocenters. The zero-order valence-corrected chi connectivity index (χ0v) is 8.11. The highest BCUT2D eigenvalue weighted by Crippen LogP contribution is 2.26. The molecule has 0 unspecified atom stereocenters. The van der Waals surface area contributed by atoms with E-state index >= 15 is 0 Å². The average molecular weight is 215 g/mol. The Morgan fingerprint density at radius 2 is 2.12 bits per heavy atom. The van der Waals surface area contributed by atoms with Crippen molar-refractivity contribution in [3.8, 4) is 11.3 Å². The van der Waals surface area contributed by atoms with E-state index in [1.54, 1.807) is 12.1 Å². The number of hydrogen-bond donors (Lipinski definition) is 0. The Bertz CT molecular complexity index is 581. The maximum absolute atomic E-state index is 13.3. The highest BCUT2D eigenvalue weighted by Gasteiger charge is 2.08. The van der Waals surface area contributed by atoms with E-state index in [9.17, 15) is 9.18 Å². The van der Waals surface area contributed by atoms with Crippen molar-refractivity contribution in [2.75, 3.05) is 0 Å². The van der Waals surface area contributed by atoms with E-state index in [1.807, 2.05) is 0 Å². The molecule has 4 heteroatoms. The SMILES string of the molecule is [C-]#[N+]c1ccc(-c2ccc(C=O)o2)cc1F. The number of benzene rings is 1. The number of nitrogens with zero attached hydrogens (tertiary/aromatic N) is 1. The van der Waals surface area contributed by atoms with Gasteiger partial charge in [-0.15, -0.1) is 0 Å². The number of carbonyl (C=O) groups is 1. The van der Waals surface area contributed by atoms with Crippen molar-refractivity contribution in [1.82, 2.24) is 0 Å². The van der Waals surface area contributed by atoms with Gasteiger partial charge in [-0.25, -0.2) is 9.24 Å². The molecule has 0 saturated heterocycles. The van der Waals surface area contributed by atoms with Crippen LogP contribution < -0.4 is 0 Å². The zero-order valence-electron chi connectivity index (χ0n) is 8.11. The topological polar surface area (TPSA) is 34.6 Å². The molecular weight excluding hydrogens is 209 g/mol. The molecule has 0 radical (unpaired) electrons. The van der Waals surface area contributed by atoms with Crippen LogP contribution in [-0.2, 0) is 0 Å². The summed E-state index contributed by atoms with van der Waals surface area (Å²) in [4.78, 5) is 13.4. The minimum atomic E-state index is -0.600. The van der Waals surface area contributed by atoms with Crippen LogP contribution in [0.15, 0.2) is 34.7 Å². The van der Waals surface area contributed by atoms with Gasteiger partial charge in [-0.2, -0.15) is 0 Å². The van der Waals surface area contributed by atoms with Crippen LogP contribution >= 0.6 is 0 Å². The van der Waals surface area contributed by atoms with Crippen molar-refractivity contribution in [1.29, 1.82) is 0 Å². The first-order chi connectivity index (χ1) is 7.74. The third-order valence-corrected chi connectivity index (χ3v) is 2.10. The first-order valence-electron chi connectivity index (χ1n) is 4.47. The van der Waals surface area contributed by atoms with Crippen molar-refractivity contribution in [3.63, 3.8) is 0 Å². The Labute approximate surface area is 90.9 Å². The minimum Gasteiger partial charge on any atom is -0.453 e. The summed E-state index contributed by atoms with van der Waals surface area (Å²) in [7, 11) is 0. The van der Waals surface area contributed by atoms with E-state index in [-0.39, 0.29) is 11.4 Å². The number of carbonyl (C=O) groups excluding carboxylic acids is 1. The lowest BCUT2D eigenvalue weighted by molar-refractivity contribution is 0.110. The summed E-state index contributed by atoms with van der Waals surface area (Å²) in [6.07, 6.45) is 0.577. The Kier molecular flexibility index (Phi) is 2.52. The first-order valence-corrected chi connectivity index (χ1v) is 4.47. The second kappa shape index (κ2) is 3.99. The van der Waals surface area contributed by atoms with Crippen LogP contribution in [0.4, 0.5) is 10.1 Å². The lowest BCUT2D eigenvalue weighted by atomic mass is 10.1. The molecule has 0 N–H and O–H groups in total. The number of halogens is 1. The molecule has 1 aromatic heterocycles. The molecule has 0 spiro atoms. The van der Waals surface area contributed by atoms with Gasteiger partial charge in [0, 0.05) is 5.56 Å². The van der Waals surface area contributed by atoms with Crippen LogP contribution in [0.5, 0.6) is 0 Å². The van der Waals surface area contributed by atoms with E-state index in [0.29, 0.717) is 17.6 Å². The molecule has 2 aromatic rings. The third-order valence-electron chi connectivity index (χ3n) is 2.10. The van der Waals surface area contributed by atoms with Gasteiger partial charge in [0.25, 0.3) is 0 Å². The highest BCUT2D eigenvalue weighted by molar-refractivity contribution is 5.73. The molecular formula is C12H6FNO2. The fraction of sp³-hybridized carbons (Fsp3) is 0. The van der Waals surface area contributed by atoms with Crippen LogP contribution in [0, 0.1) is 12.4 Å². The molecule has 3 nitrogen and oxygen atoms in total. The fourth-order valence-electron chi connectivity index (χ4n) is 1.32. The molecule has 0 saturated carbocycles. The normalized spacial score (nSPS) is 9.75. The van der Waals surface area contributed by atoms with Gasteiger partial charge in [0.15, 0.2) is 12.0 Å². The smallest absolute Gasteiger partial charge is 0.222 e. The van der Waals surface area contributed by atoms with Gasteiger partial charge in [-0.05, 0) is 18.2 Å². The second-order valence-electron chi connectivity index (χ2n) is 3.10. The zero-order chi connectivity index (χ0) is 11.5. The van der Waals surface area contributed by atoms with Gasteiger partial charge in [0.2, 0.25) is 5.69 Å². The van der Waals surface area contributed by atoms with Crippen molar-refractivity contribution >= 4 is 12.0 Å². The third kappa shape index (κ3) is 1.71. The molecule has 0 amide bonds. The van der Waals surface area contributed by atoms with Crippen molar-refractivity contribution in [2.45, 2.75) is 0 Å². The van der Waals surface area contributed by atoms with Crippen LogP contribution in [0.3, 0.4) is 0 Å². The van der Waals surface area contributed by atoms with Crippen molar-refractivity contribution in [3.05, 3.63) is 53.3 Å². The van der Waals surface area contributed by atoms with Crippen LogP contribution in [0.25, 0.3) is 16.2 Å². The quantitative estimate of drug-likeness (QED) is 0.568. The van der Waals surface area contributed by atoms with E-state index in [0.717, 1.165) is 0 Å². The van der Waals surface area contributed by atoms with Crippen LogP contribution in [-0.4, -0.2) is 6.29 Å². The summed E-state index contributed by atoms with van der Waals surface area (Å²) >= 11 is 0. The Morgan fingerprint density at radius 1 is 1.31 bits per heavy atom. The number of furan rings is 1. The van der Waals surface area contributed by atoms with Crippen molar-refractivity contribution in [2.24, 2.45) is 0 Å². The Morgan fingerprint density at radius 3 is 2.69 bits per heavy atom. The lowest BCUT2D eigenvalue weighted by Crippen LogP contribution is -1.78. The number of rotatable bonds is 2. The van der Waals surface area contributed by atoms with E-state index in [2.05, 4.69) is 4.85 Å². The standard InChI is InChI=1S/C12H6FNO2/c1-14-11-4-2-8(6-10(11)13)12-5-3-9(7-15)16-12/h2-7H. The van der Waals surface area contributed by atoms with Crippen molar-refractivity contribution < 1.29 is 13.6 Å². The molecule has 2 rings (SSSR count). The predicted molar refractivity (Wildman–Crippen MR) is 55.8 cm³/mol. The van der Waals surface area contributed by atoms with E-state index in [1.165, 1.54) is 18.2 Å².